The van der Waals surface area contributed by atoms with E-state index >= 15 is 0 Å². The fourth-order valence-corrected chi connectivity index (χ4v) is 4.33. The van der Waals surface area contributed by atoms with Crippen LogP contribution in [0.3, 0.4) is 0 Å². The van der Waals surface area contributed by atoms with Crippen molar-refractivity contribution in [1.29, 1.82) is 0 Å². The number of rotatable bonds is 5. The Morgan fingerprint density at radius 3 is 2.59 bits per heavy atom. The molecule has 0 radical (unpaired) electrons. The normalized spacial score (nSPS) is 17.8. The Morgan fingerprint density at radius 1 is 1.00 bits per heavy atom. The maximum absolute atomic E-state index is 13.4. The molecule has 150 valence electrons. The molecule has 5 heteroatoms. The number of hydrogen-bond acceptors (Lipinski definition) is 4. The predicted molar refractivity (Wildman–Crippen MR) is 115 cm³/mol. The fraction of sp³-hybridized carbons (Fsp3) is 0.417. The van der Waals surface area contributed by atoms with Crippen LogP contribution in [-0.2, 0) is 6.42 Å². The minimum absolute atomic E-state index is 0.145. The number of fused-ring (bicyclic) bond motifs is 1. The molecule has 2 aromatic carbocycles. The molecule has 0 spiro atoms. The molecule has 2 fully saturated rings. The molecular formula is C24H27FN4. The van der Waals surface area contributed by atoms with Crippen LogP contribution in [0.4, 0.5) is 10.1 Å². The third-order valence-corrected chi connectivity index (χ3v) is 6.13. The highest BCUT2D eigenvalue weighted by atomic mass is 19.1. The van der Waals surface area contributed by atoms with Crippen molar-refractivity contribution < 1.29 is 4.39 Å². The Labute approximate surface area is 171 Å². The van der Waals surface area contributed by atoms with E-state index in [1.807, 2.05) is 13.0 Å². The lowest BCUT2D eigenvalue weighted by molar-refractivity contribution is 0.261. The third-order valence-electron chi connectivity index (χ3n) is 6.13. The number of piperazine rings is 1. The lowest BCUT2D eigenvalue weighted by atomic mass is 10.1. The van der Waals surface area contributed by atoms with E-state index < -0.39 is 0 Å². The van der Waals surface area contributed by atoms with E-state index in [9.17, 15) is 4.39 Å². The molecule has 5 rings (SSSR count). The average Bonchev–Trinajstić information content (AvgIpc) is 3.57. The van der Waals surface area contributed by atoms with Crippen molar-refractivity contribution in [3.63, 3.8) is 0 Å². The standard InChI is InChI=1S/C24H27FN4/c1-17-26-23-8-7-21(16-22(23)24(27-17)19-5-6-19)29-13-11-28(12-14-29)10-9-18-3-2-4-20(25)15-18/h2-4,7-8,15-16,19H,5-6,9-14H2,1H3. The van der Waals surface area contributed by atoms with Crippen molar-refractivity contribution >= 4 is 16.6 Å². The summed E-state index contributed by atoms with van der Waals surface area (Å²) in [6.45, 7) is 7.07. The minimum atomic E-state index is -0.145. The van der Waals surface area contributed by atoms with Gasteiger partial charge >= 0.3 is 0 Å². The first kappa shape index (κ1) is 18.5. The zero-order chi connectivity index (χ0) is 19.8. The Bertz CT molecular complexity index is 1020. The number of aromatic nitrogens is 2. The summed E-state index contributed by atoms with van der Waals surface area (Å²) in [5.41, 5.74) is 4.65. The van der Waals surface area contributed by atoms with Crippen molar-refractivity contribution in [2.24, 2.45) is 0 Å². The van der Waals surface area contributed by atoms with E-state index in [4.69, 9.17) is 4.98 Å². The van der Waals surface area contributed by atoms with Gasteiger partial charge in [0.2, 0.25) is 0 Å². The van der Waals surface area contributed by atoms with Crippen LogP contribution < -0.4 is 4.90 Å². The molecule has 0 bridgehead atoms. The SMILES string of the molecule is Cc1nc(C2CC2)c2cc(N3CCN(CCc4cccc(F)c4)CC3)ccc2n1. The number of aryl methyl sites for hydroxylation is 1. The molecule has 2 aliphatic rings. The molecule has 0 N–H and O–H groups in total. The summed E-state index contributed by atoms with van der Waals surface area (Å²) in [5.74, 6) is 1.35. The van der Waals surface area contributed by atoms with Gasteiger partial charge in [0.1, 0.15) is 11.6 Å². The summed E-state index contributed by atoms with van der Waals surface area (Å²) in [6.07, 6.45) is 3.40. The Hall–Kier alpha value is -2.53. The van der Waals surface area contributed by atoms with Gasteiger partial charge in [-0.2, -0.15) is 0 Å². The summed E-state index contributed by atoms with van der Waals surface area (Å²) >= 11 is 0. The molecular weight excluding hydrogens is 363 g/mol. The lowest BCUT2D eigenvalue weighted by Crippen LogP contribution is -2.47. The van der Waals surface area contributed by atoms with Gasteiger partial charge in [0.15, 0.2) is 0 Å². The van der Waals surface area contributed by atoms with Gasteiger partial charge in [-0.25, -0.2) is 14.4 Å². The highest BCUT2D eigenvalue weighted by Gasteiger charge is 2.28. The monoisotopic (exact) mass is 390 g/mol. The molecule has 0 amide bonds. The van der Waals surface area contributed by atoms with E-state index in [0.29, 0.717) is 5.92 Å². The molecule has 0 unspecified atom stereocenters. The van der Waals surface area contributed by atoms with Crippen molar-refractivity contribution in [2.45, 2.75) is 32.1 Å². The molecule has 1 aromatic heterocycles. The van der Waals surface area contributed by atoms with Gasteiger partial charge in [-0.15, -0.1) is 0 Å². The van der Waals surface area contributed by atoms with E-state index in [0.717, 1.165) is 56.0 Å². The first-order valence-corrected chi connectivity index (χ1v) is 10.7. The topological polar surface area (TPSA) is 32.3 Å². The minimum Gasteiger partial charge on any atom is -0.369 e. The number of hydrogen-bond donors (Lipinski definition) is 0. The number of nitrogens with zero attached hydrogens (tertiary/aromatic N) is 4. The van der Waals surface area contributed by atoms with Crippen LogP contribution in [0, 0.1) is 12.7 Å². The fourth-order valence-electron chi connectivity index (χ4n) is 4.33. The van der Waals surface area contributed by atoms with Gasteiger partial charge < -0.3 is 4.90 Å². The van der Waals surface area contributed by atoms with Gasteiger partial charge in [0.25, 0.3) is 0 Å². The predicted octanol–water partition coefficient (Wildman–Crippen LogP) is 4.32. The lowest BCUT2D eigenvalue weighted by Gasteiger charge is -2.36. The van der Waals surface area contributed by atoms with Crippen LogP contribution in [0.2, 0.25) is 0 Å². The maximum Gasteiger partial charge on any atom is 0.126 e. The summed E-state index contributed by atoms with van der Waals surface area (Å²) in [6, 6.07) is 13.6. The van der Waals surface area contributed by atoms with Crippen LogP contribution in [0.1, 0.15) is 35.8 Å². The molecule has 2 heterocycles. The third kappa shape index (κ3) is 4.10. The Balaban J connectivity index is 1.25. The van der Waals surface area contributed by atoms with Crippen LogP contribution in [0.25, 0.3) is 10.9 Å². The van der Waals surface area contributed by atoms with E-state index in [-0.39, 0.29) is 5.82 Å². The maximum atomic E-state index is 13.4. The van der Waals surface area contributed by atoms with E-state index in [1.54, 1.807) is 12.1 Å². The zero-order valence-electron chi connectivity index (χ0n) is 16.9. The Kier molecular flexibility index (Phi) is 4.92. The second kappa shape index (κ2) is 7.71. The number of halogens is 1. The number of benzene rings is 2. The van der Waals surface area contributed by atoms with Gasteiger partial charge in [-0.3, -0.25) is 4.90 Å². The molecule has 1 aliphatic carbocycles. The van der Waals surface area contributed by atoms with Gasteiger partial charge in [0.05, 0.1) is 11.2 Å². The van der Waals surface area contributed by atoms with Crippen LogP contribution in [0.5, 0.6) is 0 Å². The number of anilines is 1. The zero-order valence-corrected chi connectivity index (χ0v) is 16.9. The van der Waals surface area contributed by atoms with Crippen molar-refractivity contribution in [3.8, 4) is 0 Å². The first-order chi connectivity index (χ1) is 14.2. The quantitative estimate of drug-likeness (QED) is 0.649. The summed E-state index contributed by atoms with van der Waals surface area (Å²) < 4.78 is 13.4. The summed E-state index contributed by atoms with van der Waals surface area (Å²) in [5, 5.41) is 1.23. The molecule has 0 atom stereocenters. The first-order valence-electron chi connectivity index (χ1n) is 10.7. The molecule has 1 aliphatic heterocycles. The van der Waals surface area contributed by atoms with Gasteiger partial charge in [0, 0.05) is 49.7 Å². The van der Waals surface area contributed by atoms with Gasteiger partial charge in [-0.05, 0) is 62.1 Å². The summed E-state index contributed by atoms with van der Waals surface area (Å²) in [7, 11) is 0. The molecule has 1 saturated carbocycles. The average molecular weight is 391 g/mol. The molecule has 4 nitrogen and oxygen atoms in total. The molecule has 3 aromatic rings. The van der Waals surface area contributed by atoms with Crippen molar-refractivity contribution in [1.82, 2.24) is 14.9 Å². The van der Waals surface area contributed by atoms with Crippen molar-refractivity contribution in [2.75, 3.05) is 37.6 Å². The molecule has 1 saturated heterocycles. The van der Waals surface area contributed by atoms with Gasteiger partial charge in [-0.1, -0.05) is 12.1 Å². The van der Waals surface area contributed by atoms with Crippen LogP contribution >= 0.6 is 0 Å². The summed E-state index contributed by atoms with van der Waals surface area (Å²) in [4.78, 5) is 14.3. The van der Waals surface area contributed by atoms with Crippen LogP contribution in [-0.4, -0.2) is 47.6 Å². The van der Waals surface area contributed by atoms with Crippen molar-refractivity contribution in [3.05, 3.63) is 65.4 Å². The Morgan fingerprint density at radius 2 is 1.83 bits per heavy atom. The van der Waals surface area contributed by atoms with E-state index in [1.165, 1.54) is 35.7 Å². The highest BCUT2D eigenvalue weighted by Crippen LogP contribution is 2.42. The largest absolute Gasteiger partial charge is 0.369 e. The second-order valence-electron chi connectivity index (χ2n) is 8.34. The molecule has 29 heavy (non-hydrogen) atoms. The van der Waals surface area contributed by atoms with E-state index in [2.05, 4.69) is 33.0 Å². The van der Waals surface area contributed by atoms with Crippen LogP contribution in [0.15, 0.2) is 42.5 Å². The smallest absolute Gasteiger partial charge is 0.126 e. The highest BCUT2D eigenvalue weighted by molar-refractivity contribution is 5.85. The second-order valence-corrected chi connectivity index (χ2v) is 8.34.